The summed E-state index contributed by atoms with van der Waals surface area (Å²) in [5.41, 5.74) is 1.26. The number of aliphatic imine (C=N–C) groups is 1. The first-order valence-corrected chi connectivity index (χ1v) is 8.67. The van der Waals surface area contributed by atoms with Crippen molar-refractivity contribution >= 4 is 35.8 Å². The number of aliphatic hydroxyl groups excluding tert-OH is 1. The third-order valence-electron chi connectivity index (χ3n) is 4.06. The van der Waals surface area contributed by atoms with Gasteiger partial charge in [0.05, 0.1) is 6.61 Å². The zero-order chi connectivity index (χ0) is 17.2. The van der Waals surface area contributed by atoms with Crippen molar-refractivity contribution in [1.29, 1.82) is 0 Å². The highest BCUT2D eigenvalue weighted by Crippen LogP contribution is 2.18. The number of likely N-dealkylation sites (tertiary alicyclic amines) is 1. The minimum absolute atomic E-state index is 0. The molecule has 1 atom stereocenters. The molecule has 1 aliphatic heterocycles. The summed E-state index contributed by atoms with van der Waals surface area (Å²) >= 11 is 0. The Morgan fingerprint density at radius 3 is 2.76 bits per heavy atom. The zero-order valence-corrected chi connectivity index (χ0v) is 17.1. The van der Waals surface area contributed by atoms with E-state index in [0.717, 1.165) is 26.1 Å². The van der Waals surface area contributed by atoms with Crippen LogP contribution in [0.4, 0.5) is 0 Å². The monoisotopic (exact) mass is 460 g/mol. The largest absolute Gasteiger partial charge is 0.395 e. The van der Waals surface area contributed by atoms with Gasteiger partial charge in [-0.3, -0.25) is 9.79 Å². The number of hydrogen-bond acceptors (Lipinski definition) is 3. The number of halogens is 1. The molecule has 2 rings (SSSR count). The normalized spacial score (nSPS) is 17.4. The second kappa shape index (κ2) is 12.1. The van der Waals surface area contributed by atoms with Gasteiger partial charge < -0.3 is 20.6 Å². The highest BCUT2D eigenvalue weighted by atomic mass is 127. The summed E-state index contributed by atoms with van der Waals surface area (Å²) in [4.78, 5) is 18.6. The van der Waals surface area contributed by atoms with Crippen LogP contribution >= 0.6 is 24.0 Å². The molecule has 1 aliphatic rings. The molecular weight excluding hydrogens is 431 g/mol. The lowest BCUT2D eigenvalue weighted by Crippen LogP contribution is -2.39. The lowest BCUT2D eigenvalue weighted by molar-refractivity contribution is -0.127. The molecule has 140 valence electrons. The van der Waals surface area contributed by atoms with Crippen LogP contribution in [-0.2, 0) is 11.2 Å². The zero-order valence-electron chi connectivity index (χ0n) is 14.8. The summed E-state index contributed by atoms with van der Waals surface area (Å²) in [7, 11) is 0. The fourth-order valence-electron chi connectivity index (χ4n) is 2.84. The molecule has 0 spiro atoms. The third kappa shape index (κ3) is 7.60. The average molecular weight is 460 g/mol. The van der Waals surface area contributed by atoms with E-state index in [1.807, 2.05) is 30.0 Å². The second-order valence-electron chi connectivity index (χ2n) is 6.02. The first kappa shape index (κ1) is 21.7. The highest BCUT2D eigenvalue weighted by molar-refractivity contribution is 14.0. The van der Waals surface area contributed by atoms with Crippen molar-refractivity contribution < 1.29 is 9.90 Å². The Labute approximate surface area is 167 Å². The predicted molar refractivity (Wildman–Crippen MR) is 111 cm³/mol. The molecule has 1 aromatic carbocycles. The molecule has 1 heterocycles. The molecule has 25 heavy (non-hydrogen) atoms. The Kier molecular flexibility index (Phi) is 10.5. The van der Waals surface area contributed by atoms with Crippen molar-refractivity contribution in [2.75, 3.05) is 39.3 Å². The number of nitrogens with one attached hydrogen (secondary N) is 2. The molecule has 7 heteroatoms. The number of amides is 1. The number of carbonyl (C=O) groups excluding carboxylic acids is 1. The van der Waals surface area contributed by atoms with Gasteiger partial charge in [0.15, 0.2) is 5.96 Å². The minimum Gasteiger partial charge on any atom is -0.395 e. The molecule has 1 unspecified atom stereocenters. The van der Waals surface area contributed by atoms with E-state index in [4.69, 9.17) is 5.11 Å². The Balaban J connectivity index is 0.00000312. The van der Waals surface area contributed by atoms with Crippen molar-refractivity contribution in [2.24, 2.45) is 10.9 Å². The summed E-state index contributed by atoms with van der Waals surface area (Å²) in [6.07, 6.45) is 1.46. The standard InChI is InChI=1S/C18H28N4O2.HI/c1-2-19-18(20-9-11-23)21-13-16-12-17(24)22(14-16)10-8-15-6-4-3-5-7-15;/h3-7,16,23H,2,8-14H2,1H3,(H2,19,20,21);1H. The van der Waals surface area contributed by atoms with Crippen molar-refractivity contribution in [1.82, 2.24) is 15.5 Å². The summed E-state index contributed by atoms with van der Waals surface area (Å²) in [6, 6.07) is 10.3. The van der Waals surface area contributed by atoms with Crippen LogP contribution in [0.3, 0.4) is 0 Å². The predicted octanol–water partition coefficient (Wildman–Crippen LogP) is 1.24. The summed E-state index contributed by atoms with van der Waals surface area (Å²) < 4.78 is 0. The minimum atomic E-state index is 0. The first-order valence-electron chi connectivity index (χ1n) is 8.67. The first-order chi connectivity index (χ1) is 11.7. The average Bonchev–Trinajstić information content (AvgIpc) is 2.96. The lowest BCUT2D eigenvalue weighted by Gasteiger charge is -2.16. The van der Waals surface area contributed by atoms with Gasteiger partial charge in [-0.15, -0.1) is 24.0 Å². The number of carbonyl (C=O) groups is 1. The molecule has 0 aliphatic carbocycles. The van der Waals surface area contributed by atoms with Crippen LogP contribution in [0, 0.1) is 5.92 Å². The van der Waals surface area contributed by atoms with Gasteiger partial charge in [-0.05, 0) is 18.9 Å². The molecule has 0 saturated carbocycles. The van der Waals surface area contributed by atoms with E-state index >= 15 is 0 Å². The molecule has 1 amide bonds. The van der Waals surface area contributed by atoms with E-state index in [1.54, 1.807) is 0 Å². The quantitative estimate of drug-likeness (QED) is 0.310. The molecule has 6 nitrogen and oxygen atoms in total. The number of benzene rings is 1. The van der Waals surface area contributed by atoms with E-state index in [1.165, 1.54) is 5.56 Å². The Hall–Kier alpha value is -1.35. The van der Waals surface area contributed by atoms with Gasteiger partial charge in [-0.1, -0.05) is 30.3 Å². The van der Waals surface area contributed by atoms with Crippen LogP contribution in [0.2, 0.25) is 0 Å². The van der Waals surface area contributed by atoms with Crippen LogP contribution in [0.1, 0.15) is 18.9 Å². The van der Waals surface area contributed by atoms with Gasteiger partial charge in [0.1, 0.15) is 0 Å². The number of rotatable bonds is 8. The van der Waals surface area contributed by atoms with Gasteiger partial charge in [0.2, 0.25) is 5.91 Å². The topological polar surface area (TPSA) is 77.0 Å². The maximum Gasteiger partial charge on any atom is 0.223 e. The van der Waals surface area contributed by atoms with Crippen LogP contribution < -0.4 is 10.6 Å². The Morgan fingerprint density at radius 2 is 2.08 bits per heavy atom. The molecule has 1 fully saturated rings. The van der Waals surface area contributed by atoms with E-state index < -0.39 is 0 Å². The van der Waals surface area contributed by atoms with Crippen LogP contribution in [-0.4, -0.2) is 61.2 Å². The van der Waals surface area contributed by atoms with Crippen molar-refractivity contribution in [3.8, 4) is 0 Å². The Morgan fingerprint density at radius 1 is 1.32 bits per heavy atom. The molecule has 0 radical (unpaired) electrons. The second-order valence-corrected chi connectivity index (χ2v) is 6.02. The van der Waals surface area contributed by atoms with Crippen LogP contribution in [0.5, 0.6) is 0 Å². The van der Waals surface area contributed by atoms with E-state index in [-0.39, 0.29) is 42.4 Å². The van der Waals surface area contributed by atoms with Crippen LogP contribution in [0.25, 0.3) is 0 Å². The number of guanidine groups is 1. The third-order valence-corrected chi connectivity index (χ3v) is 4.06. The van der Waals surface area contributed by atoms with Gasteiger partial charge in [0, 0.05) is 45.1 Å². The maximum atomic E-state index is 12.2. The van der Waals surface area contributed by atoms with Crippen molar-refractivity contribution in [3.63, 3.8) is 0 Å². The molecule has 0 bridgehead atoms. The van der Waals surface area contributed by atoms with Crippen LogP contribution in [0.15, 0.2) is 35.3 Å². The molecule has 0 aromatic heterocycles. The summed E-state index contributed by atoms with van der Waals surface area (Å²) in [5.74, 6) is 1.18. The van der Waals surface area contributed by atoms with Gasteiger partial charge in [-0.2, -0.15) is 0 Å². The lowest BCUT2D eigenvalue weighted by atomic mass is 10.1. The fraction of sp³-hybridized carbons (Fsp3) is 0.556. The smallest absolute Gasteiger partial charge is 0.223 e. The van der Waals surface area contributed by atoms with E-state index in [9.17, 15) is 4.79 Å². The highest BCUT2D eigenvalue weighted by Gasteiger charge is 2.28. The number of aliphatic hydroxyl groups is 1. The molecule has 1 saturated heterocycles. The molecule has 3 N–H and O–H groups in total. The van der Waals surface area contributed by atoms with Gasteiger partial charge in [0.25, 0.3) is 0 Å². The number of nitrogens with zero attached hydrogens (tertiary/aromatic N) is 2. The van der Waals surface area contributed by atoms with E-state index in [2.05, 4.69) is 27.8 Å². The fourth-order valence-corrected chi connectivity index (χ4v) is 2.84. The van der Waals surface area contributed by atoms with Crippen molar-refractivity contribution in [3.05, 3.63) is 35.9 Å². The summed E-state index contributed by atoms with van der Waals surface area (Å²) in [5, 5.41) is 15.1. The SMILES string of the molecule is CCNC(=NCC1CC(=O)N(CCc2ccccc2)C1)NCCO.I. The summed E-state index contributed by atoms with van der Waals surface area (Å²) in [6.45, 7) is 5.47. The van der Waals surface area contributed by atoms with Gasteiger partial charge in [-0.25, -0.2) is 0 Å². The van der Waals surface area contributed by atoms with E-state index in [0.29, 0.717) is 25.5 Å². The van der Waals surface area contributed by atoms with Gasteiger partial charge >= 0.3 is 0 Å². The Bertz CT molecular complexity index is 539. The molecular formula is C18H29IN4O2. The number of hydrogen-bond donors (Lipinski definition) is 3. The van der Waals surface area contributed by atoms with Crippen molar-refractivity contribution in [2.45, 2.75) is 19.8 Å². The maximum absolute atomic E-state index is 12.2. The molecule has 1 aromatic rings.